The maximum absolute atomic E-state index is 12.6. The first kappa shape index (κ1) is 18.9. The molecule has 0 saturated heterocycles. The molecule has 0 atom stereocenters. The monoisotopic (exact) mass is 379 g/mol. The van der Waals surface area contributed by atoms with Gasteiger partial charge in [-0.15, -0.1) is 0 Å². The molecule has 0 aliphatic carbocycles. The maximum Gasteiger partial charge on any atom is 0.225 e. The molecular formula is C22H21NO3S. The van der Waals surface area contributed by atoms with E-state index in [-0.39, 0.29) is 16.7 Å². The van der Waals surface area contributed by atoms with Gasteiger partial charge in [-0.3, -0.25) is 4.79 Å². The lowest BCUT2D eigenvalue weighted by Gasteiger charge is -2.18. The Hall–Kier alpha value is -2.92. The smallest absolute Gasteiger partial charge is 0.225 e. The Kier molecular flexibility index (Phi) is 5.72. The molecule has 1 N–H and O–H groups in total. The third-order valence-corrected chi connectivity index (χ3v) is 5.49. The highest BCUT2D eigenvalue weighted by atomic mass is 32.2. The molecule has 0 radical (unpaired) electrons. The highest BCUT2D eigenvalue weighted by molar-refractivity contribution is 7.90. The summed E-state index contributed by atoms with van der Waals surface area (Å²) in [7, 11) is -3.25. The number of carbonyl (C=O) groups excluding carboxylic acids is 1. The van der Waals surface area contributed by atoms with Gasteiger partial charge in [-0.25, -0.2) is 8.42 Å². The quantitative estimate of drug-likeness (QED) is 0.696. The fraction of sp³-hybridized carbons (Fsp3) is 0.136. The molecular weight excluding hydrogens is 358 g/mol. The van der Waals surface area contributed by atoms with Gasteiger partial charge < -0.3 is 5.32 Å². The number of hydrogen-bond donors (Lipinski definition) is 1. The third kappa shape index (κ3) is 5.05. The number of carbonyl (C=O) groups is 1. The lowest BCUT2D eigenvalue weighted by molar-refractivity contribution is -0.116. The van der Waals surface area contributed by atoms with Crippen molar-refractivity contribution in [2.75, 3.05) is 11.6 Å². The lowest BCUT2D eigenvalue weighted by Crippen LogP contribution is -2.16. The van der Waals surface area contributed by atoms with E-state index in [0.29, 0.717) is 12.1 Å². The molecule has 0 unspecified atom stereocenters. The van der Waals surface area contributed by atoms with Crippen LogP contribution in [0.25, 0.3) is 0 Å². The summed E-state index contributed by atoms with van der Waals surface area (Å²) in [6.07, 6.45) is 1.45. The van der Waals surface area contributed by atoms with Crippen LogP contribution in [-0.2, 0) is 14.6 Å². The largest absolute Gasteiger partial charge is 0.326 e. The Bertz CT molecular complexity index is 959. The van der Waals surface area contributed by atoms with Gasteiger partial charge in [0.25, 0.3) is 0 Å². The van der Waals surface area contributed by atoms with Gasteiger partial charge in [-0.2, -0.15) is 0 Å². The van der Waals surface area contributed by atoms with Crippen LogP contribution < -0.4 is 5.32 Å². The molecule has 0 saturated carbocycles. The van der Waals surface area contributed by atoms with Crippen molar-refractivity contribution >= 4 is 21.4 Å². The van der Waals surface area contributed by atoms with Gasteiger partial charge in [0.05, 0.1) is 4.90 Å². The Morgan fingerprint density at radius 1 is 0.815 bits per heavy atom. The summed E-state index contributed by atoms with van der Waals surface area (Å²) in [5, 5.41) is 2.86. The highest BCUT2D eigenvalue weighted by Crippen LogP contribution is 2.28. The van der Waals surface area contributed by atoms with Gasteiger partial charge in [0.1, 0.15) is 0 Å². The van der Waals surface area contributed by atoms with E-state index in [0.717, 1.165) is 17.4 Å². The highest BCUT2D eigenvalue weighted by Gasteiger charge is 2.18. The Balaban J connectivity index is 1.77. The van der Waals surface area contributed by atoms with Gasteiger partial charge in [-0.05, 0) is 35.4 Å². The zero-order chi connectivity index (χ0) is 19.3. The first-order chi connectivity index (χ1) is 12.9. The summed E-state index contributed by atoms with van der Waals surface area (Å²) in [6, 6.07) is 26.1. The van der Waals surface area contributed by atoms with Gasteiger partial charge >= 0.3 is 0 Å². The van der Waals surface area contributed by atoms with Crippen LogP contribution in [0.5, 0.6) is 0 Å². The van der Waals surface area contributed by atoms with E-state index < -0.39 is 9.84 Å². The number of benzene rings is 3. The molecule has 27 heavy (non-hydrogen) atoms. The standard InChI is InChI=1S/C22H21NO3S/c1-27(25,26)20-14-12-19(13-15-20)23-22(24)16-21(17-8-4-2-5-9-17)18-10-6-3-7-11-18/h2-15,21H,16H2,1H3,(H,23,24). The molecule has 3 aromatic carbocycles. The molecule has 0 heterocycles. The van der Waals surface area contributed by atoms with E-state index in [1.54, 1.807) is 12.1 Å². The number of nitrogens with one attached hydrogen (secondary N) is 1. The zero-order valence-electron chi connectivity index (χ0n) is 15.0. The molecule has 0 aromatic heterocycles. The minimum Gasteiger partial charge on any atom is -0.326 e. The molecule has 5 heteroatoms. The number of hydrogen-bond acceptors (Lipinski definition) is 3. The molecule has 0 aliphatic heterocycles. The molecule has 0 bridgehead atoms. The zero-order valence-corrected chi connectivity index (χ0v) is 15.8. The minimum atomic E-state index is -3.25. The van der Waals surface area contributed by atoms with Crippen molar-refractivity contribution in [2.45, 2.75) is 17.2 Å². The predicted molar refractivity (Wildman–Crippen MR) is 108 cm³/mol. The number of sulfone groups is 1. The summed E-state index contributed by atoms with van der Waals surface area (Å²) in [5.74, 6) is -0.178. The maximum atomic E-state index is 12.6. The van der Waals surface area contributed by atoms with Crippen LogP contribution in [0.3, 0.4) is 0 Å². The molecule has 3 rings (SSSR count). The summed E-state index contributed by atoms with van der Waals surface area (Å²) < 4.78 is 23.1. The minimum absolute atomic E-state index is 0.0531. The van der Waals surface area contributed by atoms with Gasteiger partial charge in [0, 0.05) is 24.3 Å². The second-order valence-electron chi connectivity index (χ2n) is 6.42. The van der Waals surface area contributed by atoms with Crippen LogP contribution in [0, 0.1) is 0 Å². The van der Waals surface area contributed by atoms with E-state index in [1.165, 1.54) is 12.1 Å². The number of rotatable bonds is 6. The molecule has 0 fully saturated rings. The van der Waals surface area contributed by atoms with E-state index >= 15 is 0 Å². The van der Waals surface area contributed by atoms with Crippen LogP contribution >= 0.6 is 0 Å². The van der Waals surface area contributed by atoms with Crippen LogP contribution in [0.15, 0.2) is 89.8 Å². The second-order valence-corrected chi connectivity index (χ2v) is 8.44. The Morgan fingerprint density at radius 2 is 1.30 bits per heavy atom. The molecule has 0 spiro atoms. The van der Waals surface area contributed by atoms with Crippen molar-refractivity contribution in [3.05, 3.63) is 96.1 Å². The first-order valence-electron chi connectivity index (χ1n) is 8.63. The Morgan fingerprint density at radius 3 is 1.74 bits per heavy atom. The summed E-state index contributed by atoms with van der Waals surface area (Å²) in [4.78, 5) is 12.9. The fourth-order valence-electron chi connectivity index (χ4n) is 2.98. The molecule has 4 nitrogen and oxygen atoms in total. The van der Waals surface area contributed by atoms with Crippen molar-refractivity contribution in [3.63, 3.8) is 0 Å². The topological polar surface area (TPSA) is 63.2 Å². The van der Waals surface area contributed by atoms with E-state index in [9.17, 15) is 13.2 Å². The fourth-order valence-corrected chi connectivity index (χ4v) is 3.61. The van der Waals surface area contributed by atoms with Crippen molar-refractivity contribution in [1.82, 2.24) is 0 Å². The van der Waals surface area contributed by atoms with Crippen LogP contribution in [0.2, 0.25) is 0 Å². The first-order valence-corrected chi connectivity index (χ1v) is 10.5. The van der Waals surface area contributed by atoms with E-state index in [1.807, 2.05) is 60.7 Å². The van der Waals surface area contributed by atoms with Crippen molar-refractivity contribution in [3.8, 4) is 0 Å². The summed E-state index contributed by atoms with van der Waals surface area (Å²) in [5.41, 5.74) is 2.73. The average molecular weight is 379 g/mol. The van der Waals surface area contributed by atoms with Crippen LogP contribution in [0.4, 0.5) is 5.69 Å². The summed E-state index contributed by atoms with van der Waals surface area (Å²) in [6.45, 7) is 0. The van der Waals surface area contributed by atoms with E-state index in [4.69, 9.17) is 0 Å². The molecule has 1 amide bonds. The van der Waals surface area contributed by atoms with Gasteiger partial charge in [0.15, 0.2) is 9.84 Å². The van der Waals surface area contributed by atoms with E-state index in [2.05, 4.69) is 5.32 Å². The van der Waals surface area contributed by atoms with Gasteiger partial charge in [-0.1, -0.05) is 60.7 Å². The normalized spacial score (nSPS) is 11.3. The van der Waals surface area contributed by atoms with Crippen LogP contribution in [-0.4, -0.2) is 20.6 Å². The third-order valence-electron chi connectivity index (χ3n) is 4.36. The van der Waals surface area contributed by atoms with Crippen molar-refractivity contribution in [2.24, 2.45) is 0 Å². The summed E-state index contributed by atoms with van der Waals surface area (Å²) >= 11 is 0. The SMILES string of the molecule is CS(=O)(=O)c1ccc(NC(=O)CC(c2ccccc2)c2ccccc2)cc1. The average Bonchev–Trinajstić information content (AvgIpc) is 2.67. The number of amides is 1. The van der Waals surface area contributed by atoms with Crippen molar-refractivity contribution < 1.29 is 13.2 Å². The molecule has 138 valence electrons. The molecule has 3 aromatic rings. The van der Waals surface area contributed by atoms with Gasteiger partial charge in [0.2, 0.25) is 5.91 Å². The predicted octanol–water partition coefficient (Wildman–Crippen LogP) is 4.25. The lowest BCUT2D eigenvalue weighted by atomic mass is 9.88. The Labute approximate surface area is 159 Å². The van der Waals surface area contributed by atoms with Crippen LogP contribution in [0.1, 0.15) is 23.5 Å². The second kappa shape index (κ2) is 8.18. The van der Waals surface area contributed by atoms with Crippen molar-refractivity contribution in [1.29, 1.82) is 0 Å². The number of anilines is 1. The molecule has 0 aliphatic rings.